The molecule has 40 heavy (non-hydrogen) atoms. The second kappa shape index (κ2) is 12.7. The Morgan fingerprint density at radius 2 is 1.57 bits per heavy atom. The summed E-state index contributed by atoms with van der Waals surface area (Å²) in [6, 6.07) is 22.9. The molecule has 0 N–H and O–H groups in total. The van der Waals surface area contributed by atoms with Crippen molar-refractivity contribution in [2.75, 3.05) is 4.90 Å². The van der Waals surface area contributed by atoms with E-state index in [1.54, 1.807) is 4.57 Å². The van der Waals surface area contributed by atoms with E-state index in [9.17, 15) is 10.5 Å². The number of rotatable bonds is 10. The van der Waals surface area contributed by atoms with Crippen LogP contribution >= 0.6 is 11.3 Å². The van der Waals surface area contributed by atoms with Crippen molar-refractivity contribution in [2.24, 2.45) is 10.2 Å². The minimum absolute atomic E-state index is 0.0340. The van der Waals surface area contributed by atoms with Gasteiger partial charge in [0.05, 0.1) is 6.54 Å². The molecular formula is C31H34N8S. The molecule has 0 aliphatic carbocycles. The lowest BCUT2D eigenvalue weighted by Gasteiger charge is -2.30. The molecule has 2 aromatic carbocycles. The monoisotopic (exact) mass is 550 g/mol. The first kappa shape index (κ1) is 28.7. The van der Waals surface area contributed by atoms with E-state index < -0.39 is 0 Å². The largest absolute Gasteiger partial charge is 0.343 e. The van der Waals surface area contributed by atoms with Gasteiger partial charge in [0.15, 0.2) is 21.5 Å². The molecule has 0 fully saturated rings. The van der Waals surface area contributed by atoms with Gasteiger partial charge in [-0.15, -0.1) is 10.2 Å². The highest BCUT2D eigenvalue weighted by molar-refractivity contribution is 7.19. The topological polar surface area (TPSA) is 106 Å². The second-order valence-electron chi connectivity index (χ2n) is 10.3. The zero-order valence-corrected chi connectivity index (χ0v) is 24.6. The van der Waals surface area contributed by atoms with Crippen LogP contribution in [0.2, 0.25) is 0 Å². The first-order chi connectivity index (χ1) is 19.3. The Labute approximate surface area is 240 Å². The molecule has 4 rings (SSSR count). The van der Waals surface area contributed by atoms with E-state index in [-0.39, 0.29) is 29.4 Å². The van der Waals surface area contributed by atoms with Crippen LogP contribution in [-0.4, -0.2) is 26.6 Å². The molecule has 1 atom stereocenters. The normalized spacial score (nSPS) is 12.2. The lowest BCUT2D eigenvalue weighted by molar-refractivity contribution is 0.606. The second-order valence-corrected chi connectivity index (χ2v) is 11.2. The lowest BCUT2D eigenvalue weighted by Crippen LogP contribution is -2.36. The molecular weight excluding hydrogens is 516 g/mol. The molecule has 204 valence electrons. The predicted molar refractivity (Wildman–Crippen MR) is 160 cm³/mol. The smallest absolute Gasteiger partial charge is 0.252 e. The van der Waals surface area contributed by atoms with Crippen molar-refractivity contribution < 1.29 is 0 Å². The zero-order chi connectivity index (χ0) is 28.8. The highest BCUT2D eigenvalue weighted by atomic mass is 32.1. The first-order valence-electron chi connectivity index (χ1n) is 13.5. The van der Waals surface area contributed by atoms with Gasteiger partial charge < -0.3 is 4.90 Å². The average molecular weight is 551 g/mol. The minimum atomic E-state index is 0.0340. The van der Waals surface area contributed by atoms with Crippen molar-refractivity contribution in [3.63, 3.8) is 0 Å². The third kappa shape index (κ3) is 6.11. The summed E-state index contributed by atoms with van der Waals surface area (Å²) in [6.45, 7) is 13.3. The Balaban J connectivity index is 1.77. The molecule has 8 nitrogen and oxygen atoms in total. The van der Waals surface area contributed by atoms with Crippen molar-refractivity contribution in [3.05, 3.63) is 77.1 Å². The number of hydrogen-bond donors (Lipinski definition) is 0. The fraction of sp³-hybridized carbons (Fsp3) is 0.355. The Bertz CT molecular complexity index is 1540. The maximum atomic E-state index is 9.87. The van der Waals surface area contributed by atoms with Crippen molar-refractivity contribution in [1.82, 2.24) is 14.5 Å². The molecule has 2 aromatic heterocycles. The molecule has 0 aliphatic heterocycles. The molecule has 0 bridgehead atoms. The van der Waals surface area contributed by atoms with Crippen LogP contribution in [0.25, 0.3) is 11.3 Å². The predicted octanol–water partition coefficient (Wildman–Crippen LogP) is 8.35. The summed E-state index contributed by atoms with van der Waals surface area (Å²) in [5.74, 6) is 0.676. The van der Waals surface area contributed by atoms with Crippen molar-refractivity contribution in [3.8, 4) is 23.4 Å². The maximum absolute atomic E-state index is 9.87. The molecule has 0 saturated heterocycles. The average Bonchev–Trinajstić information content (AvgIpc) is 3.52. The highest BCUT2D eigenvalue weighted by Gasteiger charge is 2.23. The van der Waals surface area contributed by atoms with Gasteiger partial charge in [0.2, 0.25) is 0 Å². The van der Waals surface area contributed by atoms with E-state index in [1.165, 1.54) is 16.9 Å². The summed E-state index contributed by atoms with van der Waals surface area (Å²) in [5.41, 5.74) is 4.12. The fourth-order valence-corrected chi connectivity index (χ4v) is 5.80. The summed E-state index contributed by atoms with van der Waals surface area (Å²) in [4.78, 5) is 11.6. The summed E-state index contributed by atoms with van der Waals surface area (Å²) >= 11 is 1.46. The lowest BCUT2D eigenvalue weighted by atomic mass is 9.98. The SMILES string of the molecule is CCC(C)c1ccc(Cn2c(/N=N/c3sc(N(C(C)C)C(C)C)nc3-c3ccccc3)nc(C#N)c2C#N)cc1. The van der Waals surface area contributed by atoms with E-state index in [1.807, 2.05) is 48.5 Å². The Morgan fingerprint density at radius 3 is 2.15 bits per heavy atom. The summed E-state index contributed by atoms with van der Waals surface area (Å²) < 4.78 is 1.65. The molecule has 1 unspecified atom stereocenters. The van der Waals surface area contributed by atoms with Crippen LogP contribution in [-0.2, 0) is 6.54 Å². The number of anilines is 1. The van der Waals surface area contributed by atoms with E-state index in [4.69, 9.17) is 4.98 Å². The molecule has 0 amide bonds. The molecule has 2 heterocycles. The van der Waals surface area contributed by atoms with Crippen LogP contribution in [0.15, 0.2) is 64.8 Å². The first-order valence-corrected chi connectivity index (χ1v) is 14.3. The number of benzene rings is 2. The Morgan fingerprint density at radius 1 is 0.900 bits per heavy atom. The summed E-state index contributed by atoms with van der Waals surface area (Å²) in [6.07, 6.45) is 1.06. The molecule has 4 aromatic rings. The van der Waals surface area contributed by atoms with Gasteiger partial charge in [-0.1, -0.05) is 79.8 Å². The van der Waals surface area contributed by atoms with Gasteiger partial charge in [0.1, 0.15) is 17.8 Å². The van der Waals surface area contributed by atoms with Gasteiger partial charge in [0, 0.05) is 17.6 Å². The van der Waals surface area contributed by atoms with E-state index >= 15 is 0 Å². The summed E-state index contributed by atoms with van der Waals surface area (Å²) in [5, 5.41) is 30.1. The highest BCUT2D eigenvalue weighted by Crippen LogP contribution is 2.41. The van der Waals surface area contributed by atoms with E-state index in [0.717, 1.165) is 28.4 Å². The maximum Gasteiger partial charge on any atom is 0.252 e. The van der Waals surface area contributed by atoms with Crippen LogP contribution in [0, 0.1) is 22.7 Å². The van der Waals surface area contributed by atoms with Gasteiger partial charge in [-0.25, -0.2) is 4.98 Å². The summed E-state index contributed by atoms with van der Waals surface area (Å²) in [7, 11) is 0. The molecule has 0 spiro atoms. The number of hydrogen-bond acceptors (Lipinski definition) is 8. The minimum Gasteiger partial charge on any atom is -0.343 e. The Hall–Kier alpha value is -4.34. The van der Waals surface area contributed by atoms with E-state index in [0.29, 0.717) is 17.5 Å². The fourth-order valence-electron chi connectivity index (χ4n) is 4.62. The van der Waals surface area contributed by atoms with Crippen molar-refractivity contribution in [2.45, 2.75) is 72.5 Å². The third-order valence-corrected chi connectivity index (χ3v) is 7.82. The van der Waals surface area contributed by atoms with Gasteiger partial charge >= 0.3 is 0 Å². The quantitative estimate of drug-likeness (QED) is 0.184. The van der Waals surface area contributed by atoms with Gasteiger partial charge in [-0.3, -0.25) is 4.57 Å². The number of azo groups is 1. The van der Waals surface area contributed by atoms with Gasteiger partial charge in [0.25, 0.3) is 5.95 Å². The molecule has 9 heteroatoms. The van der Waals surface area contributed by atoms with Gasteiger partial charge in [-0.05, 0) is 51.2 Å². The molecule has 0 aliphatic rings. The number of aromatic nitrogens is 3. The van der Waals surface area contributed by atoms with Crippen LogP contribution in [0.4, 0.5) is 16.1 Å². The molecule has 0 saturated carbocycles. The van der Waals surface area contributed by atoms with Crippen LogP contribution in [0.5, 0.6) is 0 Å². The standard InChI is InChI=1S/C31H34N8S/c1-7-22(6)24-15-13-23(14-16-24)19-38-27(18-33)26(17-32)34-30(38)37-36-29-28(25-11-9-8-10-12-25)35-31(40-29)39(20(2)3)21(4)5/h8-16,20-22H,7,19H2,1-6H3/b37-36+. The van der Waals surface area contributed by atoms with Crippen LogP contribution < -0.4 is 4.90 Å². The number of thiazole rings is 1. The van der Waals surface area contributed by atoms with Crippen LogP contribution in [0.3, 0.4) is 0 Å². The van der Waals surface area contributed by atoms with E-state index in [2.05, 4.69) is 79.9 Å². The number of nitrogens with zero attached hydrogens (tertiary/aromatic N) is 8. The van der Waals surface area contributed by atoms with Crippen molar-refractivity contribution >= 4 is 27.4 Å². The van der Waals surface area contributed by atoms with Crippen LogP contribution in [0.1, 0.15) is 76.4 Å². The Kier molecular flexibility index (Phi) is 9.08. The van der Waals surface area contributed by atoms with Gasteiger partial charge in [-0.2, -0.15) is 15.5 Å². The third-order valence-electron chi connectivity index (χ3n) is 6.87. The molecule has 0 radical (unpaired) electrons. The number of imidazole rings is 1. The zero-order valence-electron chi connectivity index (χ0n) is 23.8. The van der Waals surface area contributed by atoms with Crippen molar-refractivity contribution in [1.29, 1.82) is 10.5 Å². The number of nitriles is 2.